The molecule has 0 saturated heterocycles. The molecule has 4 nitrogen and oxygen atoms in total. The van der Waals surface area contributed by atoms with Gasteiger partial charge in [0.1, 0.15) is 11.4 Å². The van der Waals surface area contributed by atoms with Crippen molar-refractivity contribution in [2.24, 2.45) is 0 Å². The average Bonchev–Trinajstić information content (AvgIpc) is 2.22. The number of nitrogens with two attached hydrogens (primary N) is 1. The summed E-state index contributed by atoms with van der Waals surface area (Å²) < 4.78 is 5.01. The van der Waals surface area contributed by atoms with Crippen LogP contribution in [-0.2, 0) is 10.3 Å². The first-order valence-electron chi connectivity index (χ1n) is 4.97. The van der Waals surface area contributed by atoms with Crippen molar-refractivity contribution in [2.45, 2.75) is 25.9 Å². The molecule has 4 heteroatoms. The molecular weight excluding hydrogens is 192 g/mol. The van der Waals surface area contributed by atoms with Crippen molar-refractivity contribution in [1.29, 1.82) is 0 Å². The fourth-order valence-corrected chi connectivity index (χ4v) is 1.56. The molecule has 1 rings (SSSR count). The van der Waals surface area contributed by atoms with Crippen LogP contribution in [-0.4, -0.2) is 23.8 Å². The van der Waals surface area contributed by atoms with Crippen LogP contribution in [0, 0.1) is 6.92 Å². The fourth-order valence-electron chi connectivity index (χ4n) is 1.56. The maximum Gasteiger partial charge on any atom is 0.129 e. The number of aryl methyl sites for hydroxylation is 1. The van der Waals surface area contributed by atoms with Crippen LogP contribution < -0.4 is 5.73 Å². The zero-order chi connectivity index (χ0) is 11.5. The van der Waals surface area contributed by atoms with Crippen LogP contribution in [0.1, 0.15) is 24.5 Å². The standard InChI is InChI=1S/C11H18N2O2/c1-4-11(14,7-15-3)9-5-8(2)6-13-10(9)12/h5-6,14H,4,7H2,1-3H3,(H2,12,13). The Labute approximate surface area is 90.1 Å². The molecule has 0 aliphatic rings. The molecule has 0 amide bonds. The van der Waals surface area contributed by atoms with Crippen molar-refractivity contribution < 1.29 is 9.84 Å². The normalized spacial score (nSPS) is 14.9. The zero-order valence-corrected chi connectivity index (χ0v) is 9.45. The zero-order valence-electron chi connectivity index (χ0n) is 9.45. The van der Waals surface area contributed by atoms with E-state index in [0.29, 0.717) is 17.8 Å². The quantitative estimate of drug-likeness (QED) is 0.784. The van der Waals surface area contributed by atoms with Crippen LogP contribution in [0.25, 0.3) is 0 Å². The van der Waals surface area contributed by atoms with E-state index in [1.165, 1.54) is 0 Å². The van der Waals surface area contributed by atoms with E-state index in [-0.39, 0.29) is 6.61 Å². The Balaban J connectivity index is 3.16. The fraction of sp³-hybridized carbons (Fsp3) is 0.545. The van der Waals surface area contributed by atoms with Gasteiger partial charge < -0.3 is 15.6 Å². The van der Waals surface area contributed by atoms with Crippen molar-refractivity contribution in [3.63, 3.8) is 0 Å². The molecule has 3 N–H and O–H groups in total. The summed E-state index contributed by atoms with van der Waals surface area (Å²) in [5, 5.41) is 10.4. The lowest BCUT2D eigenvalue weighted by Gasteiger charge is -2.27. The third-order valence-electron chi connectivity index (χ3n) is 2.52. The monoisotopic (exact) mass is 210 g/mol. The number of ether oxygens (including phenoxy) is 1. The summed E-state index contributed by atoms with van der Waals surface area (Å²) in [5.41, 5.74) is 6.33. The van der Waals surface area contributed by atoms with Crippen molar-refractivity contribution in [3.05, 3.63) is 23.4 Å². The second-order valence-corrected chi connectivity index (χ2v) is 3.76. The van der Waals surface area contributed by atoms with E-state index in [0.717, 1.165) is 5.56 Å². The Bertz CT molecular complexity index is 341. The summed E-state index contributed by atoms with van der Waals surface area (Å²) in [5.74, 6) is 0.363. The third-order valence-corrected chi connectivity index (χ3v) is 2.52. The van der Waals surface area contributed by atoms with Crippen LogP contribution in [0.4, 0.5) is 5.82 Å². The number of hydrogen-bond acceptors (Lipinski definition) is 4. The molecule has 84 valence electrons. The second kappa shape index (κ2) is 4.59. The van der Waals surface area contributed by atoms with Crippen LogP contribution in [0.2, 0.25) is 0 Å². The number of nitrogens with zero attached hydrogens (tertiary/aromatic N) is 1. The SMILES string of the molecule is CCC(O)(COC)c1cc(C)cnc1N. The highest BCUT2D eigenvalue weighted by molar-refractivity contribution is 5.44. The lowest BCUT2D eigenvalue weighted by Crippen LogP contribution is -2.31. The average molecular weight is 210 g/mol. The molecule has 1 aromatic heterocycles. The predicted molar refractivity (Wildman–Crippen MR) is 59.5 cm³/mol. The summed E-state index contributed by atoms with van der Waals surface area (Å²) in [4.78, 5) is 4.04. The van der Waals surface area contributed by atoms with Gasteiger partial charge in [0.15, 0.2) is 0 Å². The number of nitrogen functional groups attached to an aromatic ring is 1. The number of rotatable bonds is 4. The summed E-state index contributed by atoms with van der Waals surface area (Å²) in [6.07, 6.45) is 2.22. The molecule has 15 heavy (non-hydrogen) atoms. The molecule has 0 spiro atoms. The van der Waals surface area contributed by atoms with Crippen molar-refractivity contribution in [3.8, 4) is 0 Å². The van der Waals surface area contributed by atoms with E-state index in [1.54, 1.807) is 13.3 Å². The highest BCUT2D eigenvalue weighted by Gasteiger charge is 2.29. The van der Waals surface area contributed by atoms with E-state index in [1.807, 2.05) is 19.9 Å². The smallest absolute Gasteiger partial charge is 0.129 e. The van der Waals surface area contributed by atoms with Crippen LogP contribution in [0.3, 0.4) is 0 Å². The van der Waals surface area contributed by atoms with Gasteiger partial charge in [-0.2, -0.15) is 0 Å². The Morgan fingerprint density at radius 3 is 2.80 bits per heavy atom. The molecule has 1 unspecified atom stereocenters. The number of aliphatic hydroxyl groups is 1. The molecule has 1 heterocycles. The predicted octanol–water partition coefficient (Wildman–Crippen LogP) is 1.22. The van der Waals surface area contributed by atoms with E-state index < -0.39 is 5.60 Å². The number of hydrogen-bond donors (Lipinski definition) is 2. The van der Waals surface area contributed by atoms with Gasteiger partial charge in [-0.15, -0.1) is 0 Å². The van der Waals surface area contributed by atoms with E-state index in [4.69, 9.17) is 10.5 Å². The molecule has 0 aliphatic heterocycles. The topological polar surface area (TPSA) is 68.4 Å². The molecule has 0 aliphatic carbocycles. The van der Waals surface area contributed by atoms with Gasteiger partial charge >= 0.3 is 0 Å². The van der Waals surface area contributed by atoms with Crippen LogP contribution in [0.5, 0.6) is 0 Å². The first-order chi connectivity index (χ1) is 7.03. The Morgan fingerprint density at radius 1 is 1.60 bits per heavy atom. The van der Waals surface area contributed by atoms with Gasteiger partial charge in [-0.1, -0.05) is 6.92 Å². The largest absolute Gasteiger partial charge is 0.383 e. The number of methoxy groups -OCH3 is 1. The maximum atomic E-state index is 10.4. The van der Waals surface area contributed by atoms with Crippen molar-refractivity contribution in [2.75, 3.05) is 19.5 Å². The summed E-state index contributed by atoms with van der Waals surface area (Å²) in [6.45, 7) is 4.03. The lowest BCUT2D eigenvalue weighted by atomic mass is 9.91. The molecular formula is C11H18N2O2. The minimum atomic E-state index is -1.04. The molecule has 1 aromatic rings. The van der Waals surface area contributed by atoms with Crippen LogP contribution >= 0.6 is 0 Å². The number of aromatic nitrogens is 1. The van der Waals surface area contributed by atoms with Gasteiger partial charge in [0.05, 0.1) is 6.61 Å². The summed E-state index contributed by atoms with van der Waals surface area (Å²) >= 11 is 0. The summed E-state index contributed by atoms with van der Waals surface area (Å²) in [7, 11) is 1.56. The minimum Gasteiger partial charge on any atom is -0.383 e. The van der Waals surface area contributed by atoms with Gasteiger partial charge in [0, 0.05) is 18.9 Å². The number of pyridine rings is 1. The van der Waals surface area contributed by atoms with Gasteiger partial charge in [0.2, 0.25) is 0 Å². The Hall–Kier alpha value is -1.13. The van der Waals surface area contributed by atoms with E-state index in [2.05, 4.69) is 4.98 Å². The van der Waals surface area contributed by atoms with Crippen LogP contribution in [0.15, 0.2) is 12.3 Å². The minimum absolute atomic E-state index is 0.221. The first kappa shape index (κ1) is 11.9. The van der Waals surface area contributed by atoms with E-state index >= 15 is 0 Å². The molecule has 0 saturated carbocycles. The number of anilines is 1. The van der Waals surface area contributed by atoms with Crippen molar-refractivity contribution in [1.82, 2.24) is 4.98 Å². The molecule has 0 fully saturated rings. The first-order valence-corrected chi connectivity index (χ1v) is 4.97. The Morgan fingerprint density at radius 2 is 2.27 bits per heavy atom. The van der Waals surface area contributed by atoms with Crippen molar-refractivity contribution >= 4 is 5.82 Å². The lowest BCUT2D eigenvalue weighted by molar-refractivity contribution is -0.0382. The van der Waals surface area contributed by atoms with Gasteiger partial charge in [-0.25, -0.2) is 4.98 Å². The van der Waals surface area contributed by atoms with Gasteiger partial charge in [0.25, 0.3) is 0 Å². The molecule has 0 radical (unpaired) electrons. The van der Waals surface area contributed by atoms with Gasteiger partial charge in [-0.3, -0.25) is 0 Å². The van der Waals surface area contributed by atoms with E-state index in [9.17, 15) is 5.11 Å². The Kier molecular flexibility index (Phi) is 3.66. The third kappa shape index (κ3) is 2.46. The maximum absolute atomic E-state index is 10.4. The molecule has 1 atom stereocenters. The molecule has 0 bridgehead atoms. The summed E-state index contributed by atoms with van der Waals surface area (Å²) in [6, 6.07) is 1.85. The highest BCUT2D eigenvalue weighted by Crippen LogP contribution is 2.29. The van der Waals surface area contributed by atoms with Gasteiger partial charge in [-0.05, 0) is 25.0 Å². The molecule has 0 aromatic carbocycles. The second-order valence-electron chi connectivity index (χ2n) is 3.76. The highest BCUT2D eigenvalue weighted by atomic mass is 16.5.